The lowest BCUT2D eigenvalue weighted by atomic mass is 10.1. The Morgan fingerprint density at radius 2 is 1.77 bits per heavy atom. The zero-order valence-electron chi connectivity index (χ0n) is 18.2. The van der Waals surface area contributed by atoms with Crippen molar-refractivity contribution >= 4 is 35.6 Å². The second-order valence-electron chi connectivity index (χ2n) is 6.83. The van der Waals surface area contributed by atoms with Crippen molar-refractivity contribution in [3.05, 3.63) is 53.6 Å². The zero-order chi connectivity index (χ0) is 21.0. The molecule has 170 valence electrons. The molecule has 1 aliphatic rings. The number of rotatable bonds is 9. The number of hydrogen-bond acceptors (Lipinski definition) is 5. The molecule has 3 rings (SSSR count). The topological polar surface area (TPSA) is 73.3 Å². The van der Waals surface area contributed by atoms with Crippen LogP contribution < -0.4 is 20.1 Å². The minimum Gasteiger partial charge on any atom is -0.490 e. The second-order valence-corrected chi connectivity index (χ2v) is 6.83. The van der Waals surface area contributed by atoms with Crippen LogP contribution in [0.3, 0.4) is 0 Å². The Labute approximate surface area is 201 Å². The van der Waals surface area contributed by atoms with Crippen LogP contribution in [0.4, 0.5) is 5.69 Å². The minimum absolute atomic E-state index is 0. The van der Waals surface area contributed by atoms with E-state index in [9.17, 15) is 0 Å². The van der Waals surface area contributed by atoms with Crippen LogP contribution in [-0.4, -0.2) is 46.0 Å². The van der Waals surface area contributed by atoms with Gasteiger partial charge in [0.1, 0.15) is 0 Å². The molecule has 1 heterocycles. The number of benzene rings is 2. The number of aliphatic imine (C=N–C) groups is 1. The maximum atomic E-state index is 5.76. The smallest absolute Gasteiger partial charge is 0.195 e. The highest BCUT2D eigenvalue weighted by Crippen LogP contribution is 2.32. The van der Waals surface area contributed by atoms with E-state index in [0.717, 1.165) is 34.7 Å². The molecule has 0 amide bonds. The summed E-state index contributed by atoms with van der Waals surface area (Å²) in [5, 5.41) is 6.65. The number of nitrogens with zero attached hydrogens (tertiary/aromatic N) is 1. The molecule has 2 N–H and O–H groups in total. The Morgan fingerprint density at radius 1 is 1.00 bits per heavy atom. The third kappa shape index (κ3) is 8.54. The summed E-state index contributed by atoms with van der Waals surface area (Å²) >= 11 is 0. The lowest BCUT2D eigenvalue weighted by molar-refractivity contribution is 0.0453. The third-order valence-electron chi connectivity index (χ3n) is 4.53. The minimum atomic E-state index is 0. The third-order valence-corrected chi connectivity index (χ3v) is 4.53. The van der Waals surface area contributed by atoms with Crippen molar-refractivity contribution in [1.82, 2.24) is 5.32 Å². The average molecular weight is 541 g/mol. The van der Waals surface area contributed by atoms with Gasteiger partial charge in [0.25, 0.3) is 0 Å². The number of nitrogens with one attached hydrogen (secondary N) is 2. The summed E-state index contributed by atoms with van der Waals surface area (Å²) < 4.78 is 22.4. The molecule has 0 spiro atoms. The predicted molar refractivity (Wildman–Crippen MR) is 134 cm³/mol. The first kappa shape index (κ1) is 25.2. The molecule has 0 saturated heterocycles. The van der Waals surface area contributed by atoms with Crippen molar-refractivity contribution in [1.29, 1.82) is 0 Å². The first-order valence-corrected chi connectivity index (χ1v) is 10.4. The van der Waals surface area contributed by atoms with E-state index in [1.165, 1.54) is 0 Å². The van der Waals surface area contributed by atoms with E-state index in [2.05, 4.69) is 33.8 Å². The Bertz CT molecular complexity index is 832. The van der Waals surface area contributed by atoms with Crippen molar-refractivity contribution in [2.45, 2.75) is 26.5 Å². The first-order valence-electron chi connectivity index (χ1n) is 10.4. The fourth-order valence-electron chi connectivity index (χ4n) is 3.02. The Kier molecular flexibility index (Phi) is 11.5. The maximum Gasteiger partial charge on any atom is 0.195 e. The van der Waals surface area contributed by atoms with Gasteiger partial charge in [-0.25, -0.2) is 0 Å². The van der Waals surface area contributed by atoms with Gasteiger partial charge in [-0.3, -0.25) is 4.99 Å². The molecule has 31 heavy (non-hydrogen) atoms. The molecule has 2 aromatic carbocycles. The van der Waals surface area contributed by atoms with Gasteiger partial charge >= 0.3 is 0 Å². The molecule has 0 radical (unpaired) electrons. The summed E-state index contributed by atoms with van der Waals surface area (Å²) in [6.45, 7) is 6.49. The van der Waals surface area contributed by atoms with Crippen LogP contribution in [0.25, 0.3) is 0 Å². The van der Waals surface area contributed by atoms with Crippen molar-refractivity contribution < 1.29 is 18.9 Å². The van der Waals surface area contributed by atoms with E-state index < -0.39 is 0 Å². The first-order chi connectivity index (χ1) is 14.8. The molecule has 8 heteroatoms. The van der Waals surface area contributed by atoms with E-state index >= 15 is 0 Å². The second kappa shape index (κ2) is 14.1. The van der Waals surface area contributed by atoms with E-state index in [1.54, 1.807) is 7.05 Å². The number of hydrogen-bond donors (Lipinski definition) is 2. The highest BCUT2D eigenvalue weighted by Gasteiger charge is 2.11. The summed E-state index contributed by atoms with van der Waals surface area (Å²) in [5.74, 6) is 2.22. The molecular formula is C23H32IN3O4. The van der Waals surface area contributed by atoms with Gasteiger partial charge in [-0.2, -0.15) is 0 Å². The summed E-state index contributed by atoms with van der Waals surface area (Å²) in [6.07, 6.45) is 0.886. The summed E-state index contributed by atoms with van der Waals surface area (Å²) in [4.78, 5) is 4.31. The van der Waals surface area contributed by atoms with Gasteiger partial charge in [0.2, 0.25) is 0 Å². The zero-order valence-corrected chi connectivity index (χ0v) is 20.5. The maximum absolute atomic E-state index is 5.76. The SMILES string of the molecule is CCOCCOCc1cccc(CNC(=NC)Nc2ccc3c(c2)OCCCO3)c1.I. The molecule has 7 nitrogen and oxygen atoms in total. The summed E-state index contributed by atoms with van der Waals surface area (Å²) in [5.41, 5.74) is 3.18. The number of halogens is 1. The normalized spacial score (nSPS) is 13.2. The highest BCUT2D eigenvalue weighted by molar-refractivity contribution is 14.0. The van der Waals surface area contributed by atoms with Crippen LogP contribution in [0.5, 0.6) is 11.5 Å². The largest absolute Gasteiger partial charge is 0.490 e. The lowest BCUT2D eigenvalue weighted by Crippen LogP contribution is -2.30. The van der Waals surface area contributed by atoms with E-state index in [-0.39, 0.29) is 24.0 Å². The number of anilines is 1. The lowest BCUT2D eigenvalue weighted by Gasteiger charge is -2.14. The molecule has 0 saturated carbocycles. The molecule has 0 bridgehead atoms. The Hall–Kier alpha value is -2.04. The van der Waals surface area contributed by atoms with Gasteiger partial charge in [0.05, 0.1) is 33.0 Å². The predicted octanol–water partition coefficient (Wildman–Crippen LogP) is 4.21. The standard InChI is InChI=1S/C23H31N3O4.HI/c1-3-27-12-13-28-17-19-7-4-6-18(14-19)16-25-23(24-2)26-20-8-9-21-22(15-20)30-11-5-10-29-21;/h4,6-9,14-15H,3,5,10-13,16-17H2,1-2H3,(H2,24,25,26);1H. The van der Waals surface area contributed by atoms with Gasteiger partial charge < -0.3 is 29.6 Å². The van der Waals surface area contributed by atoms with Crippen molar-refractivity contribution in [2.24, 2.45) is 4.99 Å². The molecule has 0 atom stereocenters. The molecule has 0 unspecified atom stereocenters. The average Bonchev–Trinajstić information content (AvgIpc) is 3.02. The van der Waals surface area contributed by atoms with Crippen molar-refractivity contribution in [3.63, 3.8) is 0 Å². The van der Waals surface area contributed by atoms with Crippen LogP contribution in [0, 0.1) is 0 Å². The fourth-order valence-corrected chi connectivity index (χ4v) is 3.02. The molecule has 0 aromatic heterocycles. The van der Waals surface area contributed by atoms with Gasteiger partial charge in [0, 0.05) is 38.4 Å². The Morgan fingerprint density at radius 3 is 2.58 bits per heavy atom. The van der Waals surface area contributed by atoms with Gasteiger partial charge in [-0.15, -0.1) is 24.0 Å². The molecular weight excluding hydrogens is 509 g/mol. The van der Waals surface area contributed by atoms with Crippen molar-refractivity contribution in [3.8, 4) is 11.5 Å². The molecule has 2 aromatic rings. The number of ether oxygens (including phenoxy) is 4. The molecule has 0 fully saturated rings. The van der Waals surface area contributed by atoms with Crippen LogP contribution in [0.15, 0.2) is 47.5 Å². The van der Waals surface area contributed by atoms with Crippen LogP contribution >= 0.6 is 24.0 Å². The van der Waals surface area contributed by atoms with E-state index in [0.29, 0.717) is 52.1 Å². The van der Waals surface area contributed by atoms with E-state index in [4.69, 9.17) is 18.9 Å². The Balaban J connectivity index is 0.00000341. The van der Waals surface area contributed by atoms with Crippen LogP contribution in [0.2, 0.25) is 0 Å². The summed E-state index contributed by atoms with van der Waals surface area (Å²) in [6, 6.07) is 14.1. The van der Waals surface area contributed by atoms with Crippen LogP contribution in [-0.2, 0) is 22.6 Å². The van der Waals surface area contributed by atoms with Gasteiger partial charge in [-0.1, -0.05) is 24.3 Å². The van der Waals surface area contributed by atoms with E-state index in [1.807, 2.05) is 31.2 Å². The fraction of sp³-hybridized carbons (Fsp3) is 0.435. The van der Waals surface area contributed by atoms with Crippen molar-refractivity contribution in [2.75, 3.05) is 45.4 Å². The molecule has 1 aliphatic heterocycles. The van der Waals surface area contributed by atoms with Gasteiger partial charge in [-0.05, 0) is 30.2 Å². The monoisotopic (exact) mass is 541 g/mol. The quantitative estimate of drug-likeness (QED) is 0.215. The van der Waals surface area contributed by atoms with Gasteiger partial charge in [0.15, 0.2) is 17.5 Å². The highest BCUT2D eigenvalue weighted by atomic mass is 127. The number of guanidine groups is 1. The van der Waals surface area contributed by atoms with Crippen LogP contribution in [0.1, 0.15) is 24.5 Å². The number of fused-ring (bicyclic) bond motifs is 1. The molecule has 0 aliphatic carbocycles. The summed E-state index contributed by atoms with van der Waals surface area (Å²) in [7, 11) is 1.75.